The maximum Gasteiger partial charge on any atom is 0.0448 e. The molecule has 0 aliphatic heterocycles. The predicted octanol–water partition coefficient (Wildman–Crippen LogP) is 5.04. The van der Waals surface area contributed by atoms with Crippen molar-refractivity contribution in [3.63, 3.8) is 0 Å². The summed E-state index contributed by atoms with van der Waals surface area (Å²) in [5.74, 6) is 0.866. The summed E-state index contributed by atoms with van der Waals surface area (Å²) in [4.78, 5) is 0. The molecule has 4 unspecified atom stereocenters. The van der Waals surface area contributed by atoms with E-state index in [1.165, 1.54) is 31.2 Å². The van der Waals surface area contributed by atoms with Crippen molar-refractivity contribution in [1.82, 2.24) is 0 Å². The van der Waals surface area contributed by atoms with Crippen LogP contribution in [0.3, 0.4) is 0 Å². The van der Waals surface area contributed by atoms with Gasteiger partial charge in [0.15, 0.2) is 0 Å². The van der Waals surface area contributed by atoms with Gasteiger partial charge < -0.3 is 5.73 Å². The Bertz CT molecular complexity index is 390. The van der Waals surface area contributed by atoms with Crippen molar-refractivity contribution in [3.05, 3.63) is 34.9 Å². The van der Waals surface area contributed by atoms with Gasteiger partial charge in [-0.05, 0) is 43.4 Å². The summed E-state index contributed by atoms with van der Waals surface area (Å²) in [7, 11) is 0. The SMILES string of the molecule is CC1CCCC(SC(c2ccc(Cl)cc2)C(C)N)C1. The lowest BCUT2D eigenvalue weighted by Crippen LogP contribution is -2.26. The lowest BCUT2D eigenvalue weighted by atomic mass is 9.90. The van der Waals surface area contributed by atoms with Crippen molar-refractivity contribution in [2.24, 2.45) is 11.7 Å². The third-order valence-electron chi connectivity index (χ3n) is 3.90. The van der Waals surface area contributed by atoms with Crippen LogP contribution in [-0.4, -0.2) is 11.3 Å². The maximum atomic E-state index is 6.20. The van der Waals surface area contributed by atoms with Gasteiger partial charge in [-0.25, -0.2) is 0 Å². The van der Waals surface area contributed by atoms with Crippen LogP contribution in [0.4, 0.5) is 0 Å². The third-order valence-corrected chi connectivity index (χ3v) is 5.96. The average molecular weight is 298 g/mol. The quantitative estimate of drug-likeness (QED) is 0.842. The number of benzene rings is 1. The van der Waals surface area contributed by atoms with E-state index in [2.05, 4.69) is 37.7 Å². The summed E-state index contributed by atoms with van der Waals surface area (Å²) < 4.78 is 0. The second kappa shape index (κ2) is 7.01. The van der Waals surface area contributed by atoms with Gasteiger partial charge in [0.05, 0.1) is 0 Å². The number of rotatable bonds is 4. The molecule has 0 bridgehead atoms. The van der Waals surface area contributed by atoms with E-state index in [4.69, 9.17) is 17.3 Å². The van der Waals surface area contributed by atoms with Gasteiger partial charge in [-0.2, -0.15) is 0 Å². The highest BCUT2D eigenvalue weighted by molar-refractivity contribution is 8.00. The first-order valence-corrected chi connectivity index (χ1v) is 8.55. The molecule has 1 nitrogen and oxygen atoms in total. The van der Waals surface area contributed by atoms with Gasteiger partial charge in [0.25, 0.3) is 0 Å². The Morgan fingerprint density at radius 3 is 2.53 bits per heavy atom. The van der Waals surface area contributed by atoms with E-state index < -0.39 is 0 Å². The number of thioether (sulfide) groups is 1. The molecule has 1 aliphatic rings. The molecule has 2 N–H and O–H groups in total. The highest BCUT2D eigenvalue weighted by atomic mass is 35.5. The molecule has 0 amide bonds. The molecule has 3 heteroatoms. The Morgan fingerprint density at radius 1 is 1.26 bits per heavy atom. The number of halogens is 1. The number of nitrogens with two attached hydrogens (primary N) is 1. The van der Waals surface area contributed by atoms with Crippen LogP contribution in [0.5, 0.6) is 0 Å². The summed E-state index contributed by atoms with van der Waals surface area (Å²) in [5, 5.41) is 1.94. The minimum atomic E-state index is 0.170. The molecule has 0 aromatic heterocycles. The Morgan fingerprint density at radius 2 is 1.95 bits per heavy atom. The normalized spacial score (nSPS) is 26.9. The van der Waals surface area contributed by atoms with Crippen molar-refractivity contribution in [2.75, 3.05) is 0 Å². The zero-order valence-electron chi connectivity index (χ0n) is 11.8. The number of hydrogen-bond donors (Lipinski definition) is 1. The van der Waals surface area contributed by atoms with Crippen LogP contribution in [-0.2, 0) is 0 Å². The number of hydrogen-bond acceptors (Lipinski definition) is 2. The van der Waals surface area contributed by atoms with Crippen LogP contribution in [0.25, 0.3) is 0 Å². The third kappa shape index (κ3) is 4.40. The maximum absolute atomic E-state index is 6.20. The van der Waals surface area contributed by atoms with Crippen molar-refractivity contribution < 1.29 is 0 Å². The van der Waals surface area contributed by atoms with Crippen molar-refractivity contribution in [1.29, 1.82) is 0 Å². The molecule has 0 heterocycles. The van der Waals surface area contributed by atoms with E-state index in [9.17, 15) is 0 Å². The van der Waals surface area contributed by atoms with Crippen LogP contribution in [0.1, 0.15) is 50.3 Å². The first-order chi connectivity index (χ1) is 9.06. The Labute approximate surface area is 126 Å². The first kappa shape index (κ1) is 15.2. The van der Waals surface area contributed by atoms with Gasteiger partial charge in [-0.3, -0.25) is 0 Å². The van der Waals surface area contributed by atoms with Crippen LogP contribution in [0.15, 0.2) is 24.3 Å². The first-order valence-electron chi connectivity index (χ1n) is 7.22. The monoisotopic (exact) mass is 297 g/mol. The van der Waals surface area contributed by atoms with Gasteiger partial charge >= 0.3 is 0 Å². The largest absolute Gasteiger partial charge is 0.327 e. The molecular formula is C16H24ClNS. The van der Waals surface area contributed by atoms with Gasteiger partial charge in [0.2, 0.25) is 0 Å². The lowest BCUT2D eigenvalue weighted by molar-refractivity contribution is 0.393. The van der Waals surface area contributed by atoms with Crippen LogP contribution < -0.4 is 5.73 Å². The molecule has 1 aromatic carbocycles. The Balaban J connectivity index is 2.05. The Hall–Kier alpha value is -0.180. The smallest absolute Gasteiger partial charge is 0.0448 e. The fraction of sp³-hybridized carbons (Fsp3) is 0.625. The van der Waals surface area contributed by atoms with Crippen molar-refractivity contribution >= 4 is 23.4 Å². The summed E-state index contributed by atoms with van der Waals surface area (Å²) in [5.41, 5.74) is 7.51. The van der Waals surface area contributed by atoms with Gasteiger partial charge in [0, 0.05) is 21.6 Å². The van der Waals surface area contributed by atoms with E-state index in [-0.39, 0.29) is 6.04 Å². The van der Waals surface area contributed by atoms with Crippen molar-refractivity contribution in [2.45, 2.75) is 56.1 Å². The summed E-state index contributed by atoms with van der Waals surface area (Å²) in [6.07, 6.45) is 5.43. The summed E-state index contributed by atoms with van der Waals surface area (Å²) in [6.45, 7) is 4.48. The van der Waals surface area contributed by atoms with Gasteiger partial charge in [0.1, 0.15) is 0 Å². The van der Waals surface area contributed by atoms with Crippen LogP contribution >= 0.6 is 23.4 Å². The molecule has 1 fully saturated rings. The van der Waals surface area contributed by atoms with Crippen LogP contribution in [0, 0.1) is 5.92 Å². The topological polar surface area (TPSA) is 26.0 Å². The minimum absolute atomic E-state index is 0.170. The molecule has 2 rings (SSSR count). The molecule has 1 saturated carbocycles. The summed E-state index contributed by atoms with van der Waals surface area (Å²) in [6, 6.07) is 8.35. The predicted molar refractivity (Wildman–Crippen MR) is 86.9 cm³/mol. The highest BCUT2D eigenvalue weighted by Gasteiger charge is 2.25. The zero-order valence-corrected chi connectivity index (χ0v) is 13.4. The molecule has 4 atom stereocenters. The molecule has 0 spiro atoms. The van der Waals surface area contributed by atoms with E-state index in [1.807, 2.05) is 12.1 Å². The van der Waals surface area contributed by atoms with Crippen LogP contribution in [0.2, 0.25) is 5.02 Å². The molecular weight excluding hydrogens is 274 g/mol. The van der Waals surface area contributed by atoms with E-state index in [0.29, 0.717) is 5.25 Å². The Kier molecular flexibility index (Phi) is 5.61. The van der Waals surface area contributed by atoms with Crippen molar-refractivity contribution in [3.8, 4) is 0 Å². The van der Waals surface area contributed by atoms with E-state index in [0.717, 1.165) is 16.2 Å². The zero-order chi connectivity index (χ0) is 13.8. The van der Waals surface area contributed by atoms with Gasteiger partial charge in [-0.15, -0.1) is 11.8 Å². The van der Waals surface area contributed by atoms with E-state index in [1.54, 1.807) is 0 Å². The molecule has 0 saturated heterocycles. The fourth-order valence-corrected chi connectivity index (χ4v) is 4.71. The molecule has 1 aliphatic carbocycles. The molecule has 0 radical (unpaired) electrons. The highest BCUT2D eigenvalue weighted by Crippen LogP contribution is 2.41. The molecule has 106 valence electrons. The lowest BCUT2D eigenvalue weighted by Gasteiger charge is -2.31. The van der Waals surface area contributed by atoms with Gasteiger partial charge in [-0.1, -0.05) is 43.5 Å². The average Bonchev–Trinajstić information content (AvgIpc) is 2.37. The molecule has 1 aromatic rings. The fourth-order valence-electron chi connectivity index (χ4n) is 2.87. The second-order valence-electron chi connectivity index (χ2n) is 5.86. The second-order valence-corrected chi connectivity index (χ2v) is 7.74. The molecule has 19 heavy (non-hydrogen) atoms. The summed E-state index contributed by atoms with van der Waals surface area (Å²) >= 11 is 8.04. The minimum Gasteiger partial charge on any atom is -0.327 e. The van der Waals surface area contributed by atoms with E-state index >= 15 is 0 Å². The standard InChI is InChI=1S/C16H24ClNS/c1-11-4-3-5-15(10-11)19-16(12(2)18)13-6-8-14(17)9-7-13/h6-9,11-12,15-16H,3-5,10,18H2,1-2H3.